The fourth-order valence-corrected chi connectivity index (χ4v) is 7.79. The van der Waals surface area contributed by atoms with Crippen LogP contribution in [0.3, 0.4) is 0 Å². The van der Waals surface area contributed by atoms with Gasteiger partial charge in [0.2, 0.25) is 35.3 Å². The fraction of sp³-hybridized carbons (Fsp3) is 0.545. The Morgan fingerprint density at radius 3 is 2.07 bits per heavy atom. The number of carbonyl (C=O) groups is 8. The molecule has 7 N–H and O–H groups in total. The second-order valence-corrected chi connectivity index (χ2v) is 15.7. The Hall–Kier alpha value is -5.64. The van der Waals surface area contributed by atoms with Gasteiger partial charge in [-0.25, -0.2) is 0 Å². The number of aliphatic carboxylic acids is 1. The molecule has 0 radical (unpaired) electrons. The standard InChI is InChI=1S/C44H60N6O10/c1-3-5-22-34(39(45)53)47-36(51)25-46-42(56)38(52)33(15-4-2)48-41(55)35-24-31(60-27-29-18-11-7-12-19-29)26-50(35)43(57)37(30-20-13-8-14-21-30)49-40(54)32(44(58)59)23-28-16-9-6-10-17-28/h6-7,9-12,16-19,30-35,37H,3-5,8,13-15,20-27H2,1-2H3,(H2,45,53)(H,46,56)(H,47,51)(H,48,55)(H,49,54)(H,58,59)/t31-,32?,33?,34?,35+,37?/m1/s1. The first-order valence-corrected chi connectivity index (χ1v) is 21.1. The predicted octanol–water partition coefficient (Wildman–Crippen LogP) is 2.31. The number of hydrogen-bond donors (Lipinski definition) is 6. The summed E-state index contributed by atoms with van der Waals surface area (Å²) in [6.07, 6.45) is 5.27. The molecule has 60 heavy (non-hydrogen) atoms. The number of primary amides is 1. The second-order valence-electron chi connectivity index (χ2n) is 15.7. The lowest BCUT2D eigenvalue weighted by molar-refractivity contribution is -0.150. The molecule has 326 valence electrons. The molecule has 1 aliphatic carbocycles. The van der Waals surface area contributed by atoms with E-state index in [2.05, 4.69) is 21.3 Å². The Labute approximate surface area is 351 Å². The third-order valence-corrected chi connectivity index (χ3v) is 11.1. The van der Waals surface area contributed by atoms with E-state index in [0.717, 1.165) is 31.2 Å². The lowest BCUT2D eigenvalue weighted by Crippen LogP contribution is -2.59. The molecule has 1 saturated heterocycles. The monoisotopic (exact) mass is 832 g/mol. The number of nitrogens with one attached hydrogen (secondary N) is 4. The molecule has 6 atom stereocenters. The van der Waals surface area contributed by atoms with E-state index in [9.17, 15) is 43.5 Å². The Morgan fingerprint density at radius 2 is 1.47 bits per heavy atom. The number of hydrogen-bond acceptors (Lipinski definition) is 9. The minimum atomic E-state index is -1.48. The van der Waals surface area contributed by atoms with Crippen LogP contribution in [-0.4, -0.2) is 101 Å². The summed E-state index contributed by atoms with van der Waals surface area (Å²) in [5.41, 5.74) is 6.91. The third-order valence-electron chi connectivity index (χ3n) is 11.1. The van der Waals surface area contributed by atoms with Crippen LogP contribution in [0.25, 0.3) is 0 Å². The van der Waals surface area contributed by atoms with Crippen molar-refractivity contribution in [2.24, 2.45) is 17.6 Å². The van der Waals surface area contributed by atoms with Crippen molar-refractivity contribution in [3.05, 3.63) is 71.8 Å². The summed E-state index contributed by atoms with van der Waals surface area (Å²) < 4.78 is 6.21. The molecule has 2 fully saturated rings. The summed E-state index contributed by atoms with van der Waals surface area (Å²) in [4.78, 5) is 107. The molecule has 4 rings (SSSR count). The number of likely N-dealkylation sites (tertiary alicyclic amines) is 1. The Morgan fingerprint density at radius 1 is 0.817 bits per heavy atom. The number of nitrogens with zero attached hydrogens (tertiary/aromatic N) is 1. The molecule has 0 spiro atoms. The lowest BCUT2D eigenvalue weighted by Gasteiger charge is -2.35. The van der Waals surface area contributed by atoms with Crippen LogP contribution in [-0.2, 0) is 56.1 Å². The van der Waals surface area contributed by atoms with Crippen LogP contribution in [0.4, 0.5) is 0 Å². The maximum atomic E-state index is 14.8. The smallest absolute Gasteiger partial charge is 0.316 e. The summed E-state index contributed by atoms with van der Waals surface area (Å²) in [7, 11) is 0. The van der Waals surface area contributed by atoms with E-state index in [0.29, 0.717) is 37.7 Å². The highest BCUT2D eigenvalue weighted by atomic mass is 16.5. The molecule has 16 nitrogen and oxygen atoms in total. The van der Waals surface area contributed by atoms with Gasteiger partial charge in [-0.05, 0) is 49.1 Å². The number of nitrogens with two attached hydrogens (primary N) is 1. The van der Waals surface area contributed by atoms with Crippen molar-refractivity contribution >= 4 is 47.2 Å². The number of ether oxygens (including phenoxy) is 1. The van der Waals surface area contributed by atoms with E-state index in [4.69, 9.17) is 10.5 Å². The second kappa shape index (κ2) is 23.8. The highest BCUT2D eigenvalue weighted by Crippen LogP contribution is 2.31. The van der Waals surface area contributed by atoms with Gasteiger partial charge in [0.05, 0.1) is 25.3 Å². The first-order chi connectivity index (χ1) is 28.8. The molecule has 1 heterocycles. The van der Waals surface area contributed by atoms with Crippen molar-refractivity contribution in [2.45, 2.75) is 128 Å². The summed E-state index contributed by atoms with van der Waals surface area (Å²) in [5.74, 6) is -8.81. The third kappa shape index (κ3) is 14.0. The predicted molar refractivity (Wildman–Crippen MR) is 220 cm³/mol. The van der Waals surface area contributed by atoms with E-state index in [1.54, 1.807) is 37.3 Å². The highest BCUT2D eigenvalue weighted by molar-refractivity contribution is 6.38. The molecule has 0 bridgehead atoms. The fourth-order valence-electron chi connectivity index (χ4n) is 7.79. The van der Waals surface area contributed by atoms with Gasteiger partial charge in [-0.3, -0.25) is 38.4 Å². The average Bonchev–Trinajstić information content (AvgIpc) is 3.69. The van der Waals surface area contributed by atoms with E-state index in [1.807, 2.05) is 37.3 Å². The average molecular weight is 833 g/mol. The SMILES string of the molecule is CCCCC(NC(=O)CNC(=O)C(=O)C(CCC)NC(=O)[C@@H]1C[C@@H](OCc2ccccc2)CN1C(=O)C(NC(=O)C(Cc1ccccc1)C(=O)O)C1CCCCC1)C(N)=O. The molecule has 16 heteroatoms. The number of amides is 6. The molecular formula is C44H60N6O10. The molecule has 2 aromatic carbocycles. The molecule has 1 aliphatic heterocycles. The highest BCUT2D eigenvalue weighted by Gasteiger charge is 2.46. The molecule has 1 saturated carbocycles. The Balaban J connectivity index is 1.54. The van der Waals surface area contributed by atoms with Crippen LogP contribution >= 0.6 is 0 Å². The minimum Gasteiger partial charge on any atom is -0.481 e. The van der Waals surface area contributed by atoms with Gasteiger partial charge in [0.1, 0.15) is 24.0 Å². The van der Waals surface area contributed by atoms with Crippen molar-refractivity contribution in [2.75, 3.05) is 13.1 Å². The lowest BCUT2D eigenvalue weighted by atomic mass is 9.82. The Kier molecular flexibility index (Phi) is 18.7. The molecule has 4 unspecified atom stereocenters. The van der Waals surface area contributed by atoms with Crippen molar-refractivity contribution < 1.29 is 48.2 Å². The number of unbranched alkanes of at least 4 members (excludes halogenated alkanes) is 1. The van der Waals surface area contributed by atoms with Crippen molar-refractivity contribution in [1.29, 1.82) is 0 Å². The molecular weight excluding hydrogens is 773 g/mol. The van der Waals surface area contributed by atoms with Gasteiger partial charge >= 0.3 is 5.97 Å². The normalized spacial score (nSPS) is 18.6. The van der Waals surface area contributed by atoms with Crippen molar-refractivity contribution in [1.82, 2.24) is 26.2 Å². The van der Waals surface area contributed by atoms with Crippen LogP contribution < -0.4 is 27.0 Å². The minimum absolute atomic E-state index is 0.0260. The van der Waals surface area contributed by atoms with Crippen LogP contribution in [0.2, 0.25) is 0 Å². The molecule has 0 aromatic heterocycles. The number of benzene rings is 2. The number of ketones is 1. The van der Waals surface area contributed by atoms with Gasteiger partial charge in [0.25, 0.3) is 5.91 Å². The number of carboxylic acid groups (broad SMARTS) is 1. The number of rotatable bonds is 23. The van der Waals surface area contributed by atoms with Crippen molar-refractivity contribution in [3.63, 3.8) is 0 Å². The van der Waals surface area contributed by atoms with Gasteiger partial charge in [0.15, 0.2) is 0 Å². The molecule has 2 aliphatic rings. The topological polar surface area (TPSA) is 243 Å². The van der Waals surface area contributed by atoms with Crippen molar-refractivity contribution in [3.8, 4) is 0 Å². The van der Waals surface area contributed by atoms with Crippen LogP contribution in [0, 0.1) is 11.8 Å². The maximum Gasteiger partial charge on any atom is 0.316 e. The van der Waals surface area contributed by atoms with E-state index in [1.165, 1.54) is 4.90 Å². The van der Waals surface area contributed by atoms with Gasteiger partial charge in [-0.2, -0.15) is 0 Å². The molecule has 6 amide bonds. The van der Waals surface area contributed by atoms with Gasteiger partial charge in [-0.1, -0.05) is 113 Å². The zero-order valence-electron chi connectivity index (χ0n) is 34.6. The summed E-state index contributed by atoms with van der Waals surface area (Å²) in [6.45, 7) is 3.23. The van der Waals surface area contributed by atoms with Gasteiger partial charge < -0.3 is 41.7 Å². The van der Waals surface area contributed by atoms with E-state index >= 15 is 0 Å². The zero-order valence-corrected chi connectivity index (χ0v) is 34.6. The number of carboxylic acids is 1. The summed E-state index contributed by atoms with van der Waals surface area (Å²) in [5, 5.41) is 20.3. The maximum absolute atomic E-state index is 14.8. The number of Topliss-reactive ketones (excluding diaryl/α,β-unsaturated/α-hetero) is 1. The van der Waals surface area contributed by atoms with Crippen LogP contribution in [0.5, 0.6) is 0 Å². The largest absolute Gasteiger partial charge is 0.481 e. The van der Waals surface area contributed by atoms with Gasteiger partial charge in [0, 0.05) is 13.0 Å². The van der Waals surface area contributed by atoms with Crippen LogP contribution in [0.15, 0.2) is 60.7 Å². The summed E-state index contributed by atoms with van der Waals surface area (Å²) in [6, 6.07) is 13.5. The first-order valence-electron chi connectivity index (χ1n) is 21.1. The Bertz CT molecular complexity index is 1790. The van der Waals surface area contributed by atoms with Crippen LogP contribution in [0.1, 0.15) is 95.6 Å². The van der Waals surface area contributed by atoms with Gasteiger partial charge in [-0.15, -0.1) is 0 Å². The van der Waals surface area contributed by atoms with E-state index in [-0.39, 0.29) is 38.3 Å². The zero-order chi connectivity index (χ0) is 43.6. The van der Waals surface area contributed by atoms with E-state index < -0.39 is 89.9 Å². The number of carbonyl (C=O) groups excluding carboxylic acids is 7. The molecule has 2 aromatic rings. The first kappa shape index (κ1) is 47.0. The quantitative estimate of drug-likeness (QED) is 0.0705. The summed E-state index contributed by atoms with van der Waals surface area (Å²) >= 11 is 0.